The second-order valence-corrected chi connectivity index (χ2v) is 5.45. The quantitative estimate of drug-likeness (QED) is 0.423. The van der Waals surface area contributed by atoms with Crippen molar-refractivity contribution in [3.63, 3.8) is 0 Å². The van der Waals surface area contributed by atoms with Gasteiger partial charge in [0.1, 0.15) is 5.76 Å². The van der Waals surface area contributed by atoms with Crippen molar-refractivity contribution in [3.8, 4) is 11.1 Å². The standard InChI is InChI=1S/C20H17N3O3/c24-19(21-14-18-7-4-12-26-18)20(25)23-22-13-15-8-10-17(11-9-15)16-5-2-1-3-6-16/h1-13H,14H2,(H,21,24)(H,23,25)/b22-13+. The van der Waals surface area contributed by atoms with Crippen LogP contribution < -0.4 is 10.7 Å². The van der Waals surface area contributed by atoms with Crippen LogP contribution >= 0.6 is 0 Å². The van der Waals surface area contributed by atoms with Crippen molar-refractivity contribution in [2.24, 2.45) is 5.10 Å². The third kappa shape index (κ3) is 4.67. The summed E-state index contributed by atoms with van der Waals surface area (Å²) < 4.78 is 5.07. The summed E-state index contributed by atoms with van der Waals surface area (Å²) in [5, 5.41) is 6.24. The van der Waals surface area contributed by atoms with Crippen molar-refractivity contribution in [2.75, 3.05) is 0 Å². The first-order valence-electron chi connectivity index (χ1n) is 8.01. The van der Waals surface area contributed by atoms with E-state index in [0.717, 1.165) is 16.7 Å². The summed E-state index contributed by atoms with van der Waals surface area (Å²) in [4.78, 5) is 23.3. The average Bonchev–Trinajstić information content (AvgIpc) is 3.21. The molecular formula is C20H17N3O3. The van der Waals surface area contributed by atoms with Gasteiger partial charge in [0, 0.05) is 0 Å². The monoisotopic (exact) mass is 347 g/mol. The lowest BCUT2D eigenvalue weighted by molar-refractivity contribution is -0.139. The Morgan fingerprint density at radius 3 is 2.31 bits per heavy atom. The summed E-state index contributed by atoms with van der Waals surface area (Å²) in [5.74, 6) is -1.06. The maximum atomic E-state index is 11.7. The van der Waals surface area contributed by atoms with Gasteiger partial charge in [-0.2, -0.15) is 5.10 Å². The Kier molecular flexibility index (Phi) is 5.57. The van der Waals surface area contributed by atoms with Gasteiger partial charge >= 0.3 is 11.8 Å². The van der Waals surface area contributed by atoms with Crippen LogP contribution in [-0.4, -0.2) is 18.0 Å². The lowest BCUT2D eigenvalue weighted by Gasteiger charge is -2.02. The van der Waals surface area contributed by atoms with Crippen LogP contribution in [0.3, 0.4) is 0 Å². The van der Waals surface area contributed by atoms with Crippen LogP contribution in [0.25, 0.3) is 11.1 Å². The maximum Gasteiger partial charge on any atom is 0.329 e. The molecular weight excluding hydrogens is 330 g/mol. The largest absolute Gasteiger partial charge is 0.467 e. The molecule has 2 N–H and O–H groups in total. The molecule has 0 unspecified atom stereocenters. The van der Waals surface area contributed by atoms with E-state index >= 15 is 0 Å². The molecule has 1 aromatic heterocycles. The summed E-state index contributed by atoms with van der Waals surface area (Å²) in [6, 6.07) is 21.1. The third-order valence-electron chi connectivity index (χ3n) is 3.61. The van der Waals surface area contributed by atoms with Crippen LogP contribution in [0.1, 0.15) is 11.3 Å². The Bertz CT molecular complexity index is 886. The molecule has 0 bridgehead atoms. The van der Waals surface area contributed by atoms with E-state index in [1.54, 1.807) is 12.1 Å². The van der Waals surface area contributed by atoms with Crippen LogP contribution in [0.5, 0.6) is 0 Å². The van der Waals surface area contributed by atoms with Crippen molar-refractivity contribution in [3.05, 3.63) is 84.3 Å². The van der Waals surface area contributed by atoms with Gasteiger partial charge in [-0.3, -0.25) is 9.59 Å². The molecule has 0 atom stereocenters. The lowest BCUT2D eigenvalue weighted by atomic mass is 10.0. The van der Waals surface area contributed by atoms with E-state index in [4.69, 9.17) is 4.42 Å². The number of hydrazone groups is 1. The SMILES string of the molecule is O=C(NCc1ccco1)C(=O)N/N=C/c1ccc(-c2ccccc2)cc1. The van der Waals surface area contributed by atoms with Crippen LogP contribution in [0.2, 0.25) is 0 Å². The molecule has 0 radical (unpaired) electrons. The molecule has 2 aromatic carbocycles. The van der Waals surface area contributed by atoms with E-state index in [9.17, 15) is 9.59 Å². The van der Waals surface area contributed by atoms with E-state index in [2.05, 4.69) is 15.8 Å². The summed E-state index contributed by atoms with van der Waals surface area (Å²) in [6.07, 6.45) is 2.97. The Morgan fingerprint density at radius 1 is 0.885 bits per heavy atom. The first-order chi connectivity index (χ1) is 12.7. The van der Waals surface area contributed by atoms with Crippen LogP contribution in [0.4, 0.5) is 0 Å². The van der Waals surface area contributed by atoms with Crippen LogP contribution in [0, 0.1) is 0 Å². The highest BCUT2D eigenvalue weighted by molar-refractivity contribution is 6.35. The summed E-state index contributed by atoms with van der Waals surface area (Å²) in [7, 11) is 0. The Hall–Kier alpha value is -3.67. The van der Waals surface area contributed by atoms with Gasteiger partial charge in [-0.1, -0.05) is 54.6 Å². The zero-order chi connectivity index (χ0) is 18.2. The van der Waals surface area contributed by atoms with Gasteiger partial charge < -0.3 is 9.73 Å². The predicted molar refractivity (Wildman–Crippen MR) is 98.2 cm³/mol. The number of rotatable bonds is 5. The van der Waals surface area contributed by atoms with E-state index in [1.807, 2.05) is 54.6 Å². The topological polar surface area (TPSA) is 83.7 Å². The number of hydrogen-bond acceptors (Lipinski definition) is 4. The molecule has 6 nitrogen and oxygen atoms in total. The highest BCUT2D eigenvalue weighted by atomic mass is 16.3. The van der Waals surface area contributed by atoms with Crippen molar-refractivity contribution >= 4 is 18.0 Å². The number of nitrogens with one attached hydrogen (secondary N) is 2. The van der Waals surface area contributed by atoms with Crippen LogP contribution in [-0.2, 0) is 16.1 Å². The molecule has 0 saturated heterocycles. The highest BCUT2D eigenvalue weighted by Gasteiger charge is 2.12. The number of hydrogen-bond donors (Lipinski definition) is 2. The smallest absolute Gasteiger partial charge is 0.329 e. The fourth-order valence-electron chi connectivity index (χ4n) is 2.27. The first-order valence-corrected chi connectivity index (χ1v) is 8.01. The van der Waals surface area contributed by atoms with Gasteiger partial charge in [0.2, 0.25) is 0 Å². The van der Waals surface area contributed by atoms with E-state index in [-0.39, 0.29) is 6.54 Å². The number of amides is 2. The summed E-state index contributed by atoms with van der Waals surface area (Å²) in [5.41, 5.74) is 5.21. The molecule has 0 spiro atoms. The summed E-state index contributed by atoms with van der Waals surface area (Å²) >= 11 is 0. The van der Waals surface area contributed by atoms with Gasteiger partial charge in [0.05, 0.1) is 19.0 Å². The second kappa shape index (κ2) is 8.43. The minimum absolute atomic E-state index is 0.143. The van der Waals surface area contributed by atoms with Gasteiger partial charge in [-0.25, -0.2) is 5.43 Å². The Morgan fingerprint density at radius 2 is 1.62 bits per heavy atom. The zero-order valence-electron chi connectivity index (χ0n) is 13.9. The third-order valence-corrected chi connectivity index (χ3v) is 3.61. The minimum Gasteiger partial charge on any atom is -0.467 e. The second-order valence-electron chi connectivity index (χ2n) is 5.45. The Labute approximate surface area is 150 Å². The van der Waals surface area contributed by atoms with Crippen LogP contribution in [0.15, 0.2) is 82.5 Å². The maximum absolute atomic E-state index is 11.7. The van der Waals surface area contributed by atoms with Gasteiger partial charge in [-0.05, 0) is 28.8 Å². The van der Waals surface area contributed by atoms with E-state index in [1.165, 1.54) is 12.5 Å². The van der Waals surface area contributed by atoms with Crippen molar-refractivity contribution in [1.29, 1.82) is 0 Å². The molecule has 0 fully saturated rings. The molecule has 0 aliphatic heterocycles. The zero-order valence-corrected chi connectivity index (χ0v) is 13.9. The molecule has 130 valence electrons. The first kappa shape index (κ1) is 17.2. The molecule has 26 heavy (non-hydrogen) atoms. The van der Waals surface area contributed by atoms with Crippen molar-refractivity contribution in [2.45, 2.75) is 6.54 Å². The van der Waals surface area contributed by atoms with E-state index < -0.39 is 11.8 Å². The van der Waals surface area contributed by atoms with Gasteiger partial charge in [0.15, 0.2) is 0 Å². The van der Waals surface area contributed by atoms with Gasteiger partial charge in [0.25, 0.3) is 0 Å². The average molecular weight is 347 g/mol. The molecule has 0 aliphatic rings. The normalized spacial score (nSPS) is 10.6. The molecule has 3 aromatic rings. The van der Waals surface area contributed by atoms with E-state index in [0.29, 0.717) is 5.76 Å². The molecule has 0 aliphatic carbocycles. The fraction of sp³-hybridized carbons (Fsp3) is 0.0500. The van der Waals surface area contributed by atoms with Gasteiger partial charge in [-0.15, -0.1) is 0 Å². The summed E-state index contributed by atoms with van der Waals surface area (Å²) in [6.45, 7) is 0.143. The number of furan rings is 1. The molecule has 3 rings (SSSR count). The predicted octanol–water partition coefficient (Wildman–Crippen LogP) is 2.71. The lowest BCUT2D eigenvalue weighted by Crippen LogP contribution is -2.37. The number of nitrogens with zero attached hydrogens (tertiary/aromatic N) is 1. The fourth-order valence-corrected chi connectivity index (χ4v) is 2.27. The minimum atomic E-state index is -0.839. The number of carbonyl (C=O) groups is 2. The molecule has 1 heterocycles. The molecule has 0 saturated carbocycles. The molecule has 2 amide bonds. The number of benzene rings is 2. The Balaban J connectivity index is 1.50. The van der Waals surface area contributed by atoms with Crippen molar-refractivity contribution in [1.82, 2.24) is 10.7 Å². The molecule has 6 heteroatoms. The van der Waals surface area contributed by atoms with Crippen molar-refractivity contribution < 1.29 is 14.0 Å². The highest BCUT2D eigenvalue weighted by Crippen LogP contribution is 2.18. The number of carbonyl (C=O) groups excluding carboxylic acids is 2.